The zero-order valence-corrected chi connectivity index (χ0v) is 11.8. The van der Waals surface area contributed by atoms with E-state index >= 15 is 0 Å². The molecule has 18 heavy (non-hydrogen) atoms. The number of rotatable bonds is 6. The van der Waals surface area contributed by atoms with Crippen molar-refractivity contribution < 1.29 is 5.11 Å². The third-order valence-corrected chi connectivity index (χ3v) is 3.89. The molecule has 0 spiro atoms. The molecule has 2 heteroatoms. The topological polar surface area (TPSA) is 23.5 Å². The summed E-state index contributed by atoms with van der Waals surface area (Å²) in [5, 5.41) is 9.37. The van der Waals surface area contributed by atoms with Crippen molar-refractivity contribution in [2.24, 2.45) is 11.3 Å². The fourth-order valence-corrected chi connectivity index (χ4v) is 2.50. The van der Waals surface area contributed by atoms with Gasteiger partial charge in [0.1, 0.15) is 0 Å². The van der Waals surface area contributed by atoms with E-state index in [2.05, 4.69) is 50.1 Å². The molecule has 1 N–H and O–H groups in total. The molecule has 1 aromatic carbocycles. The van der Waals surface area contributed by atoms with Crippen molar-refractivity contribution in [3.05, 3.63) is 29.8 Å². The van der Waals surface area contributed by atoms with Crippen LogP contribution in [0.3, 0.4) is 0 Å². The molecule has 0 amide bonds. The maximum absolute atomic E-state index is 9.37. The SMILES string of the molecule is CC(C)Cc1ccc(N(C)CC2(CO)CC2)cc1. The standard InChI is InChI=1S/C16H25NO/c1-13(2)10-14-4-6-15(7-5-14)17(3)11-16(12-18)8-9-16/h4-7,13,18H,8-12H2,1-3H3. The average molecular weight is 247 g/mol. The van der Waals surface area contributed by atoms with E-state index in [1.54, 1.807) is 0 Å². The second-order valence-electron chi connectivity index (χ2n) is 6.28. The third-order valence-electron chi connectivity index (χ3n) is 3.89. The highest BCUT2D eigenvalue weighted by Crippen LogP contribution is 2.45. The van der Waals surface area contributed by atoms with Crippen LogP contribution >= 0.6 is 0 Å². The van der Waals surface area contributed by atoms with E-state index in [1.165, 1.54) is 24.1 Å². The zero-order valence-electron chi connectivity index (χ0n) is 11.8. The Morgan fingerprint density at radius 1 is 1.22 bits per heavy atom. The summed E-state index contributed by atoms with van der Waals surface area (Å²) < 4.78 is 0. The highest BCUT2D eigenvalue weighted by Gasteiger charge is 2.42. The van der Waals surface area contributed by atoms with Crippen molar-refractivity contribution in [1.29, 1.82) is 0 Å². The highest BCUT2D eigenvalue weighted by atomic mass is 16.3. The van der Waals surface area contributed by atoms with Crippen molar-refractivity contribution >= 4 is 5.69 Å². The van der Waals surface area contributed by atoms with Gasteiger partial charge in [-0.25, -0.2) is 0 Å². The Morgan fingerprint density at radius 3 is 2.28 bits per heavy atom. The lowest BCUT2D eigenvalue weighted by molar-refractivity contribution is 0.215. The van der Waals surface area contributed by atoms with Crippen LogP contribution in [-0.4, -0.2) is 25.3 Å². The summed E-state index contributed by atoms with van der Waals surface area (Å²) >= 11 is 0. The van der Waals surface area contributed by atoms with Crippen molar-refractivity contribution in [1.82, 2.24) is 0 Å². The lowest BCUT2D eigenvalue weighted by atomic mass is 10.0. The van der Waals surface area contributed by atoms with Crippen LogP contribution in [0.2, 0.25) is 0 Å². The van der Waals surface area contributed by atoms with E-state index in [4.69, 9.17) is 0 Å². The van der Waals surface area contributed by atoms with Crippen molar-refractivity contribution in [3.8, 4) is 0 Å². The lowest BCUT2D eigenvalue weighted by Crippen LogP contribution is -2.28. The van der Waals surface area contributed by atoms with Gasteiger partial charge in [-0.2, -0.15) is 0 Å². The van der Waals surface area contributed by atoms with Crippen LogP contribution in [0.4, 0.5) is 5.69 Å². The Labute approximate surface area is 111 Å². The number of nitrogens with zero attached hydrogens (tertiary/aromatic N) is 1. The maximum Gasteiger partial charge on any atom is 0.0504 e. The molecule has 0 unspecified atom stereocenters. The number of hydrogen-bond acceptors (Lipinski definition) is 2. The molecular formula is C16H25NO. The summed E-state index contributed by atoms with van der Waals surface area (Å²) in [5.41, 5.74) is 2.85. The normalized spacial score (nSPS) is 16.9. The Hall–Kier alpha value is -1.02. The molecule has 1 fully saturated rings. The first-order valence-corrected chi connectivity index (χ1v) is 6.96. The molecule has 2 nitrogen and oxygen atoms in total. The fourth-order valence-electron chi connectivity index (χ4n) is 2.50. The summed E-state index contributed by atoms with van der Waals surface area (Å²) in [6, 6.07) is 8.85. The van der Waals surface area contributed by atoms with Crippen LogP contribution in [0, 0.1) is 11.3 Å². The largest absolute Gasteiger partial charge is 0.396 e. The molecule has 0 saturated heterocycles. The zero-order chi connectivity index (χ0) is 13.2. The Bertz CT molecular complexity index is 379. The minimum atomic E-state index is 0.186. The first-order chi connectivity index (χ1) is 8.54. The molecule has 1 aliphatic rings. The monoisotopic (exact) mass is 247 g/mol. The third kappa shape index (κ3) is 3.26. The van der Waals surface area contributed by atoms with Gasteiger partial charge < -0.3 is 10.0 Å². The van der Waals surface area contributed by atoms with Gasteiger partial charge in [0.05, 0.1) is 6.61 Å². The second kappa shape index (κ2) is 5.31. The second-order valence-corrected chi connectivity index (χ2v) is 6.28. The van der Waals surface area contributed by atoms with Crippen molar-refractivity contribution in [3.63, 3.8) is 0 Å². The van der Waals surface area contributed by atoms with Gasteiger partial charge in [0, 0.05) is 24.7 Å². The van der Waals surface area contributed by atoms with Crippen LogP contribution in [0.1, 0.15) is 32.3 Å². The van der Waals surface area contributed by atoms with Gasteiger partial charge in [0.2, 0.25) is 0 Å². The van der Waals surface area contributed by atoms with Gasteiger partial charge in [0.25, 0.3) is 0 Å². The van der Waals surface area contributed by atoms with Gasteiger partial charge >= 0.3 is 0 Å². The van der Waals surface area contributed by atoms with Gasteiger partial charge in [0.15, 0.2) is 0 Å². The van der Waals surface area contributed by atoms with Crippen LogP contribution in [-0.2, 0) is 6.42 Å². The van der Waals surface area contributed by atoms with E-state index in [0.717, 1.165) is 13.0 Å². The molecule has 1 aliphatic carbocycles. The number of aliphatic hydroxyl groups is 1. The molecule has 0 aliphatic heterocycles. The molecule has 0 heterocycles. The van der Waals surface area contributed by atoms with E-state index < -0.39 is 0 Å². The number of anilines is 1. The predicted molar refractivity (Wildman–Crippen MR) is 77.0 cm³/mol. The molecule has 2 rings (SSSR count). The molecule has 0 radical (unpaired) electrons. The van der Waals surface area contributed by atoms with Crippen molar-refractivity contribution in [2.45, 2.75) is 33.1 Å². The Kier molecular flexibility index (Phi) is 3.96. The van der Waals surface area contributed by atoms with E-state index in [-0.39, 0.29) is 5.41 Å². The smallest absolute Gasteiger partial charge is 0.0504 e. The fraction of sp³-hybridized carbons (Fsp3) is 0.625. The summed E-state index contributed by atoms with van der Waals surface area (Å²) in [4.78, 5) is 2.27. The van der Waals surface area contributed by atoms with Crippen LogP contribution in [0.15, 0.2) is 24.3 Å². The Balaban J connectivity index is 1.96. The molecule has 1 aromatic rings. The molecular weight excluding hydrogens is 222 g/mol. The van der Waals surface area contributed by atoms with Gasteiger partial charge in [-0.15, -0.1) is 0 Å². The number of aliphatic hydroxyl groups excluding tert-OH is 1. The number of benzene rings is 1. The first kappa shape index (κ1) is 13.4. The van der Waals surface area contributed by atoms with E-state index in [9.17, 15) is 5.11 Å². The summed E-state index contributed by atoms with van der Waals surface area (Å²) in [7, 11) is 2.12. The molecule has 100 valence electrons. The maximum atomic E-state index is 9.37. The minimum absolute atomic E-state index is 0.186. The molecule has 1 saturated carbocycles. The molecule has 0 atom stereocenters. The average Bonchev–Trinajstić information content (AvgIpc) is 3.09. The highest BCUT2D eigenvalue weighted by molar-refractivity contribution is 5.47. The summed E-state index contributed by atoms with van der Waals surface area (Å²) in [5.74, 6) is 0.706. The first-order valence-electron chi connectivity index (χ1n) is 6.96. The predicted octanol–water partition coefficient (Wildman–Crippen LogP) is 3.09. The molecule has 0 bridgehead atoms. The van der Waals surface area contributed by atoms with Gasteiger partial charge in [-0.1, -0.05) is 26.0 Å². The quantitative estimate of drug-likeness (QED) is 0.835. The van der Waals surface area contributed by atoms with Crippen molar-refractivity contribution in [2.75, 3.05) is 25.1 Å². The van der Waals surface area contributed by atoms with Crippen LogP contribution in [0.25, 0.3) is 0 Å². The lowest BCUT2D eigenvalue weighted by Gasteiger charge is -2.24. The number of hydrogen-bond donors (Lipinski definition) is 1. The van der Waals surface area contributed by atoms with E-state index in [0.29, 0.717) is 12.5 Å². The summed E-state index contributed by atoms with van der Waals surface area (Å²) in [6.45, 7) is 5.78. The Morgan fingerprint density at radius 2 is 1.83 bits per heavy atom. The van der Waals surface area contributed by atoms with Crippen LogP contribution in [0.5, 0.6) is 0 Å². The minimum Gasteiger partial charge on any atom is -0.396 e. The van der Waals surface area contributed by atoms with Gasteiger partial charge in [-0.05, 0) is 42.9 Å². The summed E-state index contributed by atoms with van der Waals surface area (Å²) in [6.07, 6.45) is 3.48. The van der Waals surface area contributed by atoms with E-state index in [1.807, 2.05) is 0 Å². The van der Waals surface area contributed by atoms with Crippen LogP contribution < -0.4 is 4.90 Å². The molecule has 0 aromatic heterocycles. The van der Waals surface area contributed by atoms with Gasteiger partial charge in [-0.3, -0.25) is 0 Å².